The average molecular weight is 536 g/mol. The lowest BCUT2D eigenvalue weighted by Gasteiger charge is -2.19. The van der Waals surface area contributed by atoms with Crippen LogP contribution in [0.4, 0.5) is 16.2 Å². The number of hydrogen-bond acceptors (Lipinski definition) is 4. The van der Waals surface area contributed by atoms with E-state index in [2.05, 4.69) is 20.6 Å². The third-order valence-electron chi connectivity index (χ3n) is 4.90. The molecule has 186 valence electrons. The number of alkyl carbamates (subject to hydrolysis) is 1. The first kappa shape index (κ1) is 26.9. The predicted molar refractivity (Wildman–Crippen MR) is 148 cm³/mol. The molecule has 4 aromatic rings. The van der Waals surface area contributed by atoms with Gasteiger partial charge in [-0.25, -0.2) is 9.78 Å². The number of benzene rings is 2. The van der Waals surface area contributed by atoms with E-state index in [1.165, 1.54) is 0 Å². The minimum Gasteiger partial charge on any atom is -0.444 e. The molecule has 0 unspecified atom stereocenters. The van der Waals surface area contributed by atoms with Gasteiger partial charge in [0.1, 0.15) is 10.8 Å². The van der Waals surface area contributed by atoms with Gasteiger partial charge in [0.2, 0.25) is 0 Å². The number of H-pyrrole nitrogens is 1. The van der Waals surface area contributed by atoms with E-state index < -0.39 is 11.7 Å². The second kappa shape index (κ2) is 11.4. The van der Waals surface area contributed by atoms with Crippen LogP contribution in [-0.4, -0.2) is 28.2 Å². The number of nitrogens with zero attached hydrogens (tertiary/aromatic N) is 1. The van der Waals surface area contributed by atoms with Crippen LogP contribution in [0.3, 0.4) is 0 Å². The first-order valence-electron chi connectivity index (χ1n) is 11.4. The summed E-state index contributed by atoms with van der Waals surface area (Å²) in [5.41, 5.74) is 3.98. The van der Waals surface area contributed by atoms with E-state index in [0.29, 0.717) is 28.7 Å². The average Bonchev–Trinajstić information content (AvgIpc) is 3.14. The van der Waals surface area contributed by atoms with Crippen LogP contribution in [0.2, 0.25) is 15.2 Å². The second-order valence-corrected chi connectivity index (χ2v) is 9.87. The molecule has 0 spiro atoms. The molecule has 0 aliphatic carbocycles. The SMILES string of the molecule is CC.CC(C)(C)OC(=O)NCCc1cc(Nc2cnc(Cl)c(Cl)c2)cc2c1[nH]c1ccc(Cl)cc12. The van der Waals surface area contributed by atoms with E-state index in [4.69, 9.17) is 39.5 Å². The van der Waals surface area contributed by atoms with Crippen LogP contribution >= 0.6 is 34.8 Å². The monoisotopic (exact) mass is 534 g/mol. The Bertz CT molecular complexity index is 1350. The fourth-order valence-electron chi connectivity index (χ4n) is 3.58. The highest BCUT2D eigenvalue weighted by Crippen LogP contribution is 2.34. The van der Waals surface area contributed by atoms with E-state index in [9.17, 15) is 4.79 Å². The number of pyridine rings is 1. The maximum Gasteiger partial charge on any atom is 0.407 e. The number of fused-ring (bicyclic) bond motifs is 3. The second-order valence-electron chi connectivity index (χ2n) is 8.67. The van der Waals surface area contributed by atoms with Crippen LogP contribution in [0.1, 0.15) is 40.2 Å². The molecule has 1 amide bonds. The Morgan fingerprint density at radius 2 is 1.77 bits per heavy atom. The lowest BCUT2D eigenvalue weighted by molar-refractivity contribution is 0.0528. The van der Waals surface area contributed by atoms with Gasteiger partial charge in [-0.05, 0) is 69.2 Å². The Labute approximate surface area is 220 Å². The zero-order valence-corrected chi connectivity index (χ0v) is 22.6. The van der Waals surface area contributed by atoms with Crippen molar-refractivity contribution in [2.24, 2.45) is 0 Å². The molecule has 0 atom stereocenters. The van der Waals surface area contributed by atoms with Crippen molar-refractivity contribution in [3.8, 4) is 0 Å². The molecule has 0 saturated carbocycles. The molecule has 4 rings (SSSR count). The standard InChI is InChI=1S/C24H23Cl3N4O2.C2H6/c1-24(2,3)33-23(32)28-7-6-13-8-15(30-16-11-19(26)22(27)29-12-16)10-18-17-9-14(25)4-5-20(17)31-21(13)18;1-2/h4-5,8-12,30-31H,6-7H2,1-3H3,(H,28,32);1-2H3. The molecule has 6 nitrogen and oxygen atoms in total. The quantitative estimate of drug-likeness (QED) is 0.224. The first-order valence-corrected chi connectivity index (χ1v) is 12.5. The molecule has 2 aromatic carbocycles. The van der Waals surface area contributed by atoms with E-state index in [0.717, 1.165) is 33.1 Å². The number of nitrogens with one attached hydrogen (secondary N) is 3. The van der Waals surface area contributed by atoms with Gasteiger partial charge in [0.05, 0.1) is 16.9 Å². The van der Waals surface area contributed by atoms with E-state index >= 15 is 0 Å². The molecule has 2 heterocycles. The number of carbonyl (C=O) groups is 1. The minimum absolute atomic E-state index is 0.248. The maximum absolute atomic E-state index is 12.1. The van der Waals surface area contributed by atoms with E-state index in [1.807, 2.05) is 65.0 Å². The van der Waals surface area contributed by atoms with Crippen LogP contribution in [0, 0.1) is 0 Å². The van der Waals surface area contributed by atoms with Crippen molar-refractivity contribution in [3.05, 3.63) is 63.4 Å². The van der Waals surface area contributed by atoms with Gasteiger partial charge in [0, 0.05) is 39.1 Å². The zero-order chi connectivity index (χ0) is 25.8. The third kappa shape index (κ3) is 6.94. The fourth-order valence-corrected chi connectivity index (χ4v) is 4.03. The van der Waals surface area contributed by atoms with Gasteiger partial charge in [0.25, 0.3) is 0 Å². The van der Waals surface area contributed by atoms with Crippen LogP contribution in [0.5, 0.6) is 0 Å². The highest BCUT2D eigenvalue weighted by atomic mass is 35.5. The summed E-state index contributed by atoms with van der Waals surface area (Å²) in [5, 5.41) is 9.45. The number of halogens is 3. The number of rotatable bonds is 5. The van der Waals surface area contributed by atoms with Crippen molar-refractivity contribution < 1.29 is 9.53 Å². The molecule has 35 heavy (non-hydrogen) atoms. The zero-order valence-electron chi connectivity index (χ0n) is 20.4. The summed E-state index contributed by atoms with van der Waals surface area (Å²) in [7, 11) is 0. The first-order chi connectivity index (χ1) is 16.6. The Balaban J connectivity index is 0.00000167. The summed E-state index contributed by atoms with van der Waals surface area (Å²) in [5.74, 6) is 0. The van der Waals surface area contributed by atoms with Gasteiger partial charge in [-0.2, -0.15) is 0 Å². The van der Waals surface area contributed by atoms with Gasteiger partial charge in [-0.1, -0.05) is 48.7 Å². The lowest BCUT2D eigenvalue weighted by atomic mass is 10.0. The Morgan fingerprint density at radius 3 is 2.46 bits per heavy atom. The number of amides is 1. The van der Waals surface area contributed by atoms with Crippen molar-refractivity contribution in [1.82, 2.24) is 15.3 Å². The normalized spacial score (nSPS) is 11.2. The smallest absolute Gasteiger partial charge is 0.407 e. The molecule has 0 aliphatic rings. The Kier molecular flexibility index (Phi) is 8.75. The van der Waals surface area contributed by atoms with Crippen molar-refractivity contribution in [1.29, 1.82) is 0 Å². The molecule has 0 saturated heterocycles. The molecule has 0 aliphatic heterocycles. The van der Waals surface area contributed by atoms with Crippen LogP contribution < -0.4 is 10.6 Å². The maximum atomic E-state index is 12.1. The molecule has 0 bridgehead atoms. The molecular weight excluding hydrogens is 507 g/mol. The Hall–Kier alpha value is -2.67. The number of carbonyl (C=O) groups excluding carboxylic acids is 1. The van der Waals surface area contributed by atoms with Crippen molar-refractivity contribution >= 4 is 74.1 Å². The topological polar surface area (TPSA) is 79.0 Å². The van der Waals surface area contributed by atoms with E-state index in [1.54, 1.807) is 12.3 Å². The summed E-state index contributed by atoms with van der Waals surface area (Å²) in [6.45, 7) is 9.91. The highest BCUT2D eigenvalue weighted by Gasteiger charge is 2.16. The van der Waals surface area contributed by atoms with Gasteiger partial charge >= 0.3 is 6.09 Å². The van der Waals surface area contributed by atoms with Gasteiger partial charge in [-0.15, -0.1) is 0 Å². The van der Waals surface area contributed by atoms with Gasteiger partial charge < -0.3 is 20.4 Å². The molecule has 0 fully saturated rings. The van der Waals surface area contributed by atoms with Crippen LogP contribution in [-0.2, 0) is 11.2 Å². The summed E-state index contributed by atoms with van der Waals surface area (Å²) < 4.78 is 5.33. The predicted octanol–water partition coefficient (Wildman–Crippen LogP) is 8.51. The summed E-state index contributed by atoms with van der Waals surface area (Å²) in [6, 6.07) is 11.5. The number of hydrogen-bond donors (Lipinski definition) is 3. The lowest BCUT2D eigenvalue weighted by Crippen LogP contribution is -2.33. The molecular formula is C26H29Cl3N4O2. The number of anilines is 2. The molecule has 0 radical (unpaired) electrons. The van der Waals surface area contributed by atoms with Crippen molar-refractivity contribution in [2.45, 2.75) is 46.6 Å². The minimum atomic E-state index is -0.550. The number of ether oxygens (including phenoxy) is 1. The Morgan fingerprint density at radius 1 is 1.03 bits per heavy atom. The summed E-state index contributed by atoms with van der Waals surface area (Å²) >= 11 is 18.3. The number of aromatic nitrogens is 2. The van der Waals surface area contributed by atoms with Crippen LogP contribution in [0.25, 0.3) is 21.8 Å². The van der Waals surface area contributed by atoms with E-state index in [-0.39, 0.29) is 5.15 Å². The van der Waals surface area contributed by atoms with Crippen molar-refractivity contribution in [3.63, 3.8) is 0 Å². The molecule has 9 heteroatoms. The van der Waals surface area contributed by atoms with Crippen molar-refractivity contribution in [2.75, 3.05) is 11.9 Å². The van der Waals surface area contributed by atoms with Gasteiger partial charge in [-0.3, -0.25) is 0 Å². The molecule has 2 aromatic heterocycles. The summed E-state index contributed by atoms with van der Waals surface area (Å²) in [4.78, 5) is 19.6. The van der Waals surface area contributed by atoms with Gasteiger partial charge in [0.15, 0.2) is 0 Å². The highest BCUT2D eigenvalue weighted by molar-refractivity contribution is 6.41. The van der Waals surface area contributed by atoms with Crippen LogP contribution in [0.15, 0.2) is 42.6 Å². The number of aromatic amines is 1. The molecule has 3 N–H and O–H groups in total. The summed E-state index contributed by atoms with van der Waals surface area (Å²) in [6.07, 6.45) is 1.76. The largest absolute Gasteiger partial charge is 0.444 e. The third-order valence-corrected chi connectivity index (χ3v) is 5.82. The fraction of sp³-hybridized carbons (Fsp3) is 0.308.